The Morgan fingerprint density at radius 1 is 1.36 bits per heavy atom. The van der Waals surface area contributed by atoms with E-state index in [2.05, 4.69) is 5.32 Å². The molecule has 3 atom stereocenters. The highest BCUT2D eigenvalue weighted by molar-refractivity contribution is 7.99. The molecule has 1 saturated heterocycles. The number of primary amides is 1. The van der Waals surface area contributed by atoms with E-state index in [1.54, 1.807) is 0 Å². The lowest BCUT2D eigenvalue weighted by Gasteiger charge is -2.22. The van der Waals surface area contributed by atoms with E-state index in [1.165, 1.54) is 17.9 Å². The predicted octanol–water partition coefficient (Wildman–Crippen LogP) is 0.735. The lowest BCUT2D eigenvalue weighted by atomic mass is 10.0. The zero-order valence-electron chi connectivity index (χ0n) is 8.37. The van der Waals surface area contributed by atoms with Crippen molar-refractivity contribution in [1.82, 2.24) is 5.32 Å². The Hall–Kier alpha value is -0.220. The topological polar surface area (TPSA) is 55.1 Å². The van der Waals surface area contributed by atoms with Crippen LogP contribution in [0.15, 0.2) is 0 Å². The van der Waals surface area contributed by atoms with E-state index in [0.29, 0.717) is 12.1 Å². The minimum atomic E-state index is -0.120. The lowest BCUT2D eigenvalue weighted by Crippen LogP contribution is -2.44. The van der Waals surface area contributed by atoms with Gasteiger partial charge in [-0.3, -0.25) is 4.79 Å². The maximum atomic E-state index is 11.2. The molecule has 14 heavy (non-hydrogen) atoms. The van der Waals surface area contributed by atoms with Crippen molar-refractivity contribution in [3.05, 3.63) is 0 Å². The number of rotatable bonds is 3. The second-order valence-corrected chi connectivity index (χ2v) is 5.42. The van der Waals surface area contributed by atoms with Crippen molar-refractivity contribution >= 4 is 17.7 Å². The van der Waals surface area contributed by atoms with Gasteiger partial charge in [0, 0.05) is 17.8 Å². The molecule has 2 fully saturated rings. The average molecular weight is 214 g/mol. The molecule has 0 spiro atoms. The van der Waals surface area contributed by atoms with Crippen molar-refractivity contribution in [3.8, 4) is 0 Å². The Morgan fingerprint density at radius 3 is 2.86 bits per heavy atom. The molecule has 1 aliphatic carbocycles. The minimum absolute atomic E-state index is 0.0839. The van der Waals surface area contributed by atoms with Crippen molar-refractivity contribution in [3.63, 3.8) is 0 Å². The van der Waals surface area contributed by atoms with Gasteiger partial charge in [0.2, 0.25) is 5.91 Å². The van der Waals surface area contributed by atoms with E-state index in [4.69, 9.17) is 5.73 Å². The molecule has 0 aromatic rings. The minimum Gasteiger partial charge on any atom is -0.369 e. The molecule has 0 aromatic carbocycles. The first-order valence-corrected chi connectivity index (χ1v) is 6.56. The number of nitrogens with one attached hydrogen (secondary N) is 1. The molecule has 2 rings (SSSR count). The van der Waals surface area contributed by atoms with Crippen molar-refractivity contribution in [2.75, 3.05) is 11.5 Å². The zero-order valence-corrected chi connectivity index (χ0v) is 9.19. The molecule has 2 aliphatic rings. The van der Waals surface area contributed by atoms with Crippen LogP contribution in [0.5, 0.6) is 0 Å². The van der Waals surface area contributed by atoms with Gasteiger partial charge in [-0.15, -0.1) is 0 Å². The molecular formula is C10H18N2OS. The van der Waals surface area contributed by atoms with Gasteiger partial charge in [-0.1, -0.05) is 6.42 Å². The summed E-state index contributed by atoms with van der Waals surface area (Å²) < 4.78 is 0. The monoisotopic (exact) mass is 214 g/mol. The highest BCUT2D eigenvalue weighted by Crippen LogP contribution is 2.27. The van der Waals surface area contributed by atoms with E-state index in [9.17, 15) is 4.79 Å². The molecule has 3 N–H and O–H groups in total. The zero-order chi connectivity index (χ0) is 9.97. The fourth-order valence-corrected chi connectivity index (χ4v) is 3.63. The van der Waals surface area contributed by atoms with Gasteiger partial charge in [0.15, 0.2) is 0 Å². The molecular weight excluding hydrogens is 196 g/mol. The van der Waals surface area contributed by atoms with Crippen LogP contribution in [0, 0.1) is 5.92 Å². The van der Waals surface area contributed by atoms with Gasteiger partial charge in [-0.25, -0.2) is 0 Å². The first-order valence-electron chi connectivity index (χ1n) is 5.40. The Morgan fingerprint density at radius 2 is 2.21 bits per heavy atom. The van der Waals surface area contributed by atoms with Gasteiger partial charge in [-0.05, 0) is 25.0 Å². The Labute approximate surface area is 89.2 Å². The number of hydrogen-bond acceptors (Lipinski definition) is 3. The third kappa shape index (κ3) is 2.23. The first kappa shape index (κ1) is 10.3. The van der Waals surface area contributed by atoms with Crippen molar-refractivity contribution in [2.45, 2.75) is 37.8 Å². The molecule has 0 bridgehead atoms. The lowest BCUT2D eigenvalue weighted by molar-refractivity contribution is -0.122. The highest BCUT2D eigenvalue weighted by Gasteiger charge is 2.33. The van der Waals surface area contributed by atoms with Crippen LogP contribution < -0.4 is 11.1 Å². The first-order chi connectivity index (χ1) is 6.77. The summed E-state index contributed by atoms with van der Waals surface area (Å²) in [4.78, 5) is 11.2. The van der Waals surface area contributed by atoms with Crippen LogP contribution in [-0.4, -0.2) is 29.5 Å². The molecule has 1 heterocycles. The average Bonchev–Trinajstić information content (AvgIpc) is 2.75. The summed E-state index contributed by atoms with van der Waals surface area (Å²) >= 11 is 2.00. The molecule has 3 unspecified atom stereocenters. The standard InChI is InChI=1S/C10H18N2OS/c11-10(13)8-2-1-3-9(8)12-7-4-5-14-6-7/h7-9,12H,1-6H2,(H2,11,13). The third-order valence-electron chi connectivity index (χ3n) is 3.26. The SMILES string of the molecule is NC(=O)C1CCCC1NC1CCSC1. The smallest absolute Gasteiger partial charge is 0.222 e. The van der Waals surface area contributed by atoms with Gasteiger partial charge < -0.3 is 11.1 Å². The maximum Gasteiger partial charge on any atom is 0.222 e. The van der Waals surface area contributed by atoms with E-state index in [1.807, 2.05) is 11.8 Å². The Bertz CT molecular complexity index is 216. The van der Waals surface area contributed by atoms with Gasteiger partial charge in [0.1, 0.15) is 0 Å². The molecule has 1 aliphatic heterocycles. The van der Waals surface area contributed by atoms with Gasteiger partial charge in [-0.2, -0.15) is 11.8 Å². The number of hydrogen-bond donors (Lipinski definition) is 2. The fraction of sp³-hybridized carbons (Fsp3) is 0.900. The van der Waals surface area contributed by atoms with Crippen LogP contribution in [0.1, 0.15) is 25.7 Å². The second-order valence-electron chi connectivity index (χ2n) is 4.27. The molecule has 1 saturated carbocycles. The summed E-state index contributed by atoms with van der Waals surface area (Å²) in [5.41, 5.74) is 5.38. The molecule has 1 amide bonds. The summed E-state index contributed by atoms with van der Waals surface area (Å²) in [7, 11) is 0. The number of amides is 1. The Kier molecular flexibility index (Phi) is 3.34. The molecule has 80 valence electrons. The summed E-state index contributed by atoms with van der Waals surface area (Å²) in [5.74, 6) is 2.42. The van der Waals surface area contributed by atoms with Crippen LogP contribution in [-0.2, 0) is 4.79 Å². The van der Waals surface area contributed by atoms with Crippen LogP contribution in [0.3, 0.4) is 0 Å². The van der Waals surface area contributed by atoms with Crippen molar-refractivity contribution in [1.29, 1.82) is 0 Å². The number of nitrogens with two attached hydrogens (primary N) is 1. The van der Waals surface area contributed by atoms with Gasteiger partial charge in [0.05, 0.1) is 5.92 Å². The third-order valence-corrected chi connectivity index (χ3v) is 4.42. The molecule has 0 radical (unpaired) electrons. The Balaban J connectivity index is 1.86. The summed E-state index contributed by atoms with van der Waals surface area (Å²) in [5, 5.41) is 3.59. The van der Waals surface area contributed by atoms with E-state index in [-0.39, 0.29) is 11.8 Å². The second kappa shape index (κ2) is 4.53. The summed E-state index contributed by atoms with van der Waals surface area (Å²) in [6.45, 7) is 0. The normalized spacial score (nSPS) is 37.6. The van der Waals surface area contributed by atoms with Crippen LogP contribution >= 0.6 is 11.8 Å². The largest absolute Gasteiger partial charge is 0.369 e. The number of thioether (sulfide) groups is 1. The summed E-state index contributed by atoms with van der Waals surface area (Å²) in [6.07, 6.45) is 4.49. The maximum absolute atomic E-state index is 11.2. The van der Waals surface area contributed by atoms with Crippen molar-refractivity contribution < 1.29 is 4.79 Å². The quantitative estimate of drug-likeness (QED) is 0.728. The van der Waals surface area contributed by atoms with Gasteiger partial charge in [0.25, 0.3) is 0 Å². The number of carbonyl (C=O) groups is 1. The highest BCUT2D eigenvalue weighted by atomic mass is 32.2. The fourth-order valence-electron chi connectivity index (χ4n) is 2.47. The van der Waals surface area contributed by atoms with E-state index in [0.717, 1.165) is 19.3 Å². The van der Waals surface area contributed by atoms with E-state index >= 15 is 0 Å². The molecule has 3 nitrogen and oxygen atoms in total. The van der Waals surface area contributed by atoms with Crippen LogP contribution in [0.2, 0.25) is 0 Å². The summed E-state index contributed by atoms with van der Waals surface area (Å²) in [6, 6.07) is 0.973. The predicted molar refractivity (Wildman–Crippen MR) is 59.2 cm³/mol. The molecule has 4 heteroatoms. The molecule has 0 aromatic heterocycles. The van der Waals surface area contributed by atoms with Gasteiger partial charge >= 0.3 is 0 Å². The van der Waals surface area contributed by atoms with E-state index < -0.39 is 0 Å². The van der Waals surface area contributed by atoms with Crippen LogP contribution in [0.4, 0.5) is 0 Å². The number of carbonyl (C=O) groups excluding carboxylic acids is 1. The van der Waals surface area contributed by atoms with Crippen molar-refractivity contribution in [2.24, 2.45) is 11.7 Å². The van der Waals surface area contributed by atoms with Crippen LogP contribution in [0.25, 0.3) is 0 Å².